The molecular formula is C22H31NO6. The summed E-state index contributed by atoms with van der Waals surface area (Å²) < 4.78 is 15.9. The maximum Gasteiger partial charge on any atom is 0.311 e. The molecule has 0 saturated heterocycles. The minimum absolute atomic E-state index is 0.132. The number of nitrogens with zero attached hydrogens (tertiary/aromatic N) is 1. The fourth-order valence-corrected chi connectivity index (χ4v) is 2.75. The molecule has 2 rings (SSSR count). The predicted molar refractivity (Wildman–Crippen MR) is 108 cm³/mol. The number of fused-ring (bicyclic) bond motifs is 1. The Balaban J connectivity index is 1.97. The average Bonchev–Trinajstić information content (AvgIpc) is 3.10. The smallest absolute Gasteiger partial charge is 0.311 e. The van der Waals surface area contributed by atoms with Crippen LogP contribution >= 0.6 is 0 Å². The van der Waals surface area contributed by atoms with Crippen molar-refractivity contribution in [2.75, 3.05) is 20.4 Å². The van der Waals surface area contributed by atoms with Crippen LogP contribution in [0.25, 0.3) is 0 Å². The molecule has 1 unspecified atom stereocenters. The molecule has 7 heteroatoms. The lowest BCUT2D eigenvalue weighted by atomic mass is 9.89. The second kappa shape index (κ2) is 8.43. The summed E-state index contributed by atoms with van der Waals surface area (Å²) in [6.45, 7) is 11.0. The number of Topliss-reactive ketones (excluding diaryl/α,β-unsaturated/α-hetero) is 1. The molecule has 1 aromatic carbocycles. The third kappa shape index (κ3) is 5.71. The largest absolute Gasteiger partial charge is 0.465 e. The molecule has 0 radical (unpaired) electrons. The number of rotatable bonds is 7. The number of esters is 1. The van der Waals surface area contributed by atoms with Gasteiger partial charge in [-0.2, -0.15) is 0 Å². The van der Waals surface area contributed by atoms with Gasteiger partial charge >= 0.3 is 5.97 Å². The highest BCUT2D eigenvalue weighted by molar-refractivity contribution is 6.02. The molecule has 1 aliphatic rings. The van der Waals surface area contributed by atoms with E-state index in [1.165, 1.54) is 4.90 Å². The first kappa shape index (κ1) is 22.7. The molecule has 0 saturated carbocycles. The zero-order valence-corrected chi connectivity index (χ0v) is 18.3. The van der Waals surface area contributed by atoms with Gasteiger partial charge in [-0.05, 0) is 45.9 Å². The average molecular weight is 405 g/mol. The van der Waals surface area contributed by atoms with Gasteiger partial charge in [0.15, 0.2) is 17.3 Å². The van der Waals surface area contributed by atoms with E-state index in [2.05, 4.69) is 0 Å². The number of amides is 1. The van der Waals surface area contributed by atoms with E-state index in [9.17, 15) is 14.4 Å². The Labute approximate surface area is 172 Å². The van der Waals surface area contributed by atoms with E-state index in [1.807, 2.05) is 13.8 Å². The molecule has 0 aliphatic carbocycles. The number of carbonyl (C=O) groups excluding carboxylic acids is 3. The van der Waals surface area contributed by atoms with Gasteiger partial charge in [0, 0.05) is 24.4 Å². The Bertz CT molecular complexity index is 793. The molecule has 29 heavy (non-hydrogen) atoms. The molecule has 0 aromatic heterocycles. The molecule has 1 aliphatic heterocycles. The fraction of sp³-hybridized carbons (Fsp3) is 0.591. The molecule has 0 N–H and O–H groups in total. The van der Waals surface area contributed by atoms with Crippen molar-refractivity contribution in [3.63, 3.8) is 0 Å². The van der Waals surface area contributed by atoms with Crippen LogP contribution in [-0.2, 0) is 14.3 Å². The third-order valence-corrected chi connectivity index (χ3v) is 4.85. The van der Waals surface area contributed by atoms with Gasteiger partial charge in [-0.15, -0.1) is 0 Å². The summed E-state index contributed by atoms with van der Waals surface area (Å²) in [6, 6.07) is 4.35. The standard InChI is InChI=1S/C22H31NO6/c1-14(19(25)15-8-9-16-17(10-15)29-13-28-16)23(7)18(24)11-22(5,6)12-27-20(26)21(2,3)4/h8-10,14H,11-13H2,1-7H3. The first-order valence-corrected chi connectivity index (χ1v) is 9.68. The highest BCUT2D eigenvalue weighted by atomic mass is 16.7. The van der Waals surface area contributed by atoms with Crippen molar-refractivity contribution in [1.29, 1.82) is 0 Å². The third-order valence-electron chi connectivity index (χ3n) is 4.85. The van der Waals surface area contributed by atoms with Gasteiger partial charge in [-0.3, -0.25) is 14.4 Å². The van der Waals surface area contributed by atoms with Crippen LogP contribution < -0.4 is 9.47 Å². The first-order valence-electron chi connectivity index (χ1n) is 9.68. The van der Waals surface area contributed by atoms with Crippen LogP contribution in [0.4, 0.5) is 0 Å². The maximum atomic E-state index is 12.8. The Kier molecular flexibility index (Phi) is 6.60. The van der Waals surface area contributed by atoms with E-state index in [0.717, 1.165) is 0 Å². The van der Waals surface area contributed by atoms with E-state index in [1.54, 1.807) is 52.9 Å². The number of ether oxygens (including phenoxy) is 3. The van der Waals surface area contributed by atoms with Crippen molar-refractivity contribution in [1.82, 2.24) is 4.90 Å². The molecule has 0 spiro atoms. The fourth-order valence-electron chi connectivity index (χ4n) is 2.75. The Hall–Kier alpha value is -2.57. The van der Waals surface area contributed by atoms with Crippen LogP contribution in [0, 0.1) is 10.8 Å². The molecule has 0 fully saturated rings. The summed E-state index contributed by atoms with van der Waals surface area (Å²) in [7, 11) is 1.61. The second-order valence-electron chi connectivity index (χ2n) is 9.28. The van der Waals surface area contributed by atoms with Crippen molar-refractivity contribution >= 4 is 17.7 Å². The molecule has 1 amide bonds. The van der Waals surface area contributed by atoms with Crippen LogP contribution in [0.3, 0.4) is 0 Å². The topological polar surface area (TPSA) is 82.1 Å². The van der Waals surface area contributed by atoms with Crippen LogP contribution in [0.15, 0.2) is 18.2 Å². The summed E-state index contributed by atoms with van der Waals surface area (Å²) in [5, 5.41) is 0. The molecule has 0 bridgehead atoms. The summed E-state index contributed by atoms with van der Waals surface area (Å²) in [5.74, 6) is 0.446. The Morgan fingerprint density at radius 2 is 1.72 bits per heavy atom. The van der Waals surface area contributed by atoms with Crippen LogP contribution in [0.2, 0.25) is 0 Å². The number of benzene rings is 1. The maximum absolute atomic E-state index is 12.8. The molecule has 160 valence electrons. The summed E-state index contributed by atoms with van der Waals surface area (Å²) in [4.78, 5) is 39.0. The second-order valence-corrected chi connectivity index (χ2v) is 9.28. The number of hydrogen-bond donors (Lipinski definition) is 0. The molecular weight excluding hydrogens is 374 g/mol. The number of carbonyl (C=O) groups is 3. The summed E-state index contributed by atoms with van der Waals surface area (Å²) in [6.07, 6.45) is 0.152. The van der Waals surface area contributed by atoms with Crippen LogP contribution in [-0.4, -0.2) is 49.0 Å². The predicted octanol–water partition coefficient (Wildman–Crippen LogP) is 3.45. The zero-order chi connectivity index (χ0) is 22.0. The lowest BCUT2D eigenvalue weighted by Gasteiger charge is -2.30. The number of likely N-dealkylation sites (N-methyl/N-ethyl adjacent to an activating group) is 1. The van der Waals surface area contributed by atoms with Crippen molar-refractivity contribution in [3.05, 3.63) is 23.8 Å². The SMILES string of the molecule is CC(C(=O)c1ccc2c(c1)OCO2)N(C)C(=O)CC(C)(C)COC(=O)C(C)(C)C. The van der Waals surface area contributed by atoms with Crippen molar-refractivity contribution < 1.29 is 28.6 Å². The monoisotopic (exact) mass is 405 g/mol. The van der Waals surface area contributed by atoms with Gasteiger partial charge in [0.05, 0.1) is 18.1 Å². The first-order chi connectivity index (χ1) is 13.3. The zero-order valence-electron chi connectivity index (χ0n) is 18.3. The van der Waals surface area contributed by atoms with E-state index < -0.39 is 16.9 Å². The lowest BCUT2D eigenvalue weighted by molar-refractivity contribution is -0.157. The summed E-state index contributed by atoms with van der Waals surface area (Å²) in [5.41, 5.74) is -0.685. The van der Waals surface area contributed by atoms with Crippen molar-refractivity contribution in [3.8, 4) is 11.5 Å². The number of ketones is 1. The minimum Gasteiger partial charge on any atom is -0.465 e. The Morgan fingerprint density at radius 3 is 2.34 bits per heavy atom. The number of hydrogen-bond acceptors (Lipinski definition) is 6. The highest BCUT2D eigenvalue weighted by Crippen LogP contribution is 2.33. The van der Waals surface area contributed by atoms with Gasteiger partial charge < -0.3 is 19.1 Å². The quantitative estimate of drug-likeness (QED) is 0.510. The van der Waals surface area contributed by atoms with Gasteiger partial charge in [0.2, 0.25) is 12.7 Å². The van der Waals surface area contributed by atoms with Gasteiger partial charge in [0.25, 0.3) is 0 Å². The minimum atomic E-state index is -0.643. The van der Waals surface area contributed by atoms with E-state index in [0.29, 0.717) is 17.1 Å². The van der Waals surface area contributed by atoms with E-state index in [-0.39, 0.29) is 37.5 Å². The van der Waals surface area contributed by atoms with E-state index >= 15 is 0 Å². The van der Waals surface area contributed by atoms with Crippen LogP contribution in [0.5, 0.6) is 11.5 Å². The van der Waals surface area contributed by atoms with E-state index in [4.69, 9.17) is 14.2 Å². The highest BCUT2D eigenvalue weighted by Gasteiger charge is 2.32. The van der Waals surface area contributed by atoms with Crippen molar-refractivity contribution in [2.24, 2.45) is 10.8 Å². The van der Waals surface area contributed by atoms with Gasteiger partial charge in [0.1, 0.15) is 0 Å². The molecule has 1 heterocycles. The van der Waals surface area contributed by atoms with Crippen LogP contribution in [0.1, 0.15) is 58.3 Å². The van der Waals surface area contributed by atoms with Gasteiger partial charge in [-0.25, -0.2) is 0 Å². The molecule has 1 atom stereocenters. The Morgan fingerprint density at radius 1 is 1.10 bits per heavy atom. The summed E-state index contributed by atoms with van der Waals surface area (Å²) >= 11 is 0. The molecule has 1 aromatic rings. The molecule has 7 nitrogen and oxygen atoms in total. The van der Waals surface area contributed by atoms with Crippen molar-refractivity contribution in [2.45, 2.75) is 54.0 Å². The normalized spacial score (nSPS) is 14.3. The lowest BCUT2D eigenvalue weighted by Crippen LogP contribution is -2.42. The van der Waals surface area contributed by atoms with Gasteiger partial charge in [-0.1, -0.05) is 13.8 Å².